The molecule has 0 bridgehead atoms. The van der Waals surface area contributed by atoms with Crippen LogP contribution in [0.5, 0.6) is 0 Å². The fourth-order valence-corrected chi connectivity index (χ4v) is 2.73. The van der Waals surface area contributed by atoms with Crippen LogP contribution in [-0.2, 0) is 11.3 Å². The highest BCUT2D eigenvalue weighted by atomic mass is 16.2. The van der Waals surface area contributed by atoms with Gasteiger partial charge < -0.3 is 14.7 Å². The summed E-state index contributed by atoms with van der Waals surface area (Å²) in [5.74, 6) is 1.72. The van der Waals surface area contributed by atoms with Crippen molar-refractivity contribution in [3.8, 4) is 0 Å². The van der Waals surface area contributed by atoms with Crippen molar-refractivity contribution in [1.82, 2.24) is 14.8 Å². The Morgan fingerprint density at radius 3 is 2.41 bits per heavy atom. The Balaban J connectivity index is 1.87. The van der Waals surface area contributed by atoms with Gasteiger partial charge in [-0.15, -0.1) is 0 Å². The summed E-state index contributed by atoms with van der Waals surface area (Å²) < 4.78 is 0. The molecule has 0 unspecified atom stereocenters. The number of anilines is 1. The Morgan fingerprint density at radius 2 is 1.91 bits per heavy atom. The SMILES string of the molecule is CC(C)CC(=O)N1CCN(c2ccc(CN(C)C)cn2)CC1. The molecule has 1 amide bonds. The van der Waals surface area contributed by atoms with E-state index in [1.165, 1.54) is 5.56 Å². The highest BCUT2D eigenvalue weighted by Crippen LogP contribution is 2.15. The van der Waals surface area contributed by atoms with Crippen LogP contribution in [0.2, 0.25) is 0 Å². The van der Waals surface area contributed by atoms with Gasteiger partial charge in [0.1, 0.15) is 5.82 Å². The number of carbonyl (C=O) groups is 1. The average molecular weight is 304 g/mol. The first-order valence-electron chi connectivity index (χ1n) is 8.08. The van der Waals surface area contributed by atoms with Crippen LogP contribution in [0.3, 0.4) is 0 Å². The highest BCUT2D eigenvalue weighted by molar-refractivity contribution is 5.76. The summed E-state index contributed by atoms with van der Waals surface area (Å²) in [5, 5.41) is 0. The van der Waals surface area contributed by atoms with E-state index in [1.54, 1.807) is 0 Å². The maximum atomic E-state index is 12.1. The third-order valence-electron chi connectivity index (χ3n) is 3.85. The Labute approximate surface area is 133 Å². The normalized spacial score (nSPS) is 15.7. The zero-order valence-electron chi connectivity index (χ0n) is 14.2. The van der Waals surface area contributed by atoms with Crippen LogP contribution in [0.4, 0.5) is 5.82 Å². The molecule has 1 aliphatic heterocycles. The molecule has 0 aromatic carbocycles. The summed E-state index contributed by atoms with van der Waals surface area (Å²) in [6, 6.07) is 4.23. The van der Waals surface area contributed by atoms with Crippen molar-refractivity contribution in [2.24, 2.45) is 5.92 Å². The highest BCUT2D eigenvalue weighted by Gasteiger charge is 2.22. The molecule has 0 spiro atoms. The van der Waals surface area contributed by atoms with Gasteiger partial charge in [-0.05, 0) is 31.6 Å². The van der Waals surface area contributed by atoms with Crippen LogP contribution in [-0.4, -0.2) is 61.0 Å². The first-order valence-corrected chi connectivity index (χ1v) is 8.08. The summed E-state index contributed by atoms with van der Waals surface area (Å²) in [4.78, 5) is 23.0. The van der Waals surface area contributed by atoms with Crippen molar-refractivity contribution in [1.29, 1.82) is 0 Å². The molecule has 0 saturated carbocycles. The van der Waals surface area contributed by atoms with Crippen LogP contribution in [0.25, 0.3) is 0 Å². The first-order chi connectivity index (χ1) is 10.5. The molecule has 0 atom stereocenters. The van der Waals surface area contributed by atoms with Crippen LogP contribution < -0.4 is 4.90 Å². The zero-order valence-corrected chi connectivity index (χ0v) is 14.2. The van der Waals surface area contributed by atoms with Gasteiger partial charge in [-0.25, -0.2) is 4.98 Å². The fourth-order valence-electron chi connectivity index (χ4n) is 2.73. The van der Waals surface area contributed by atoms with Gasteiger partial charge in [0, 0.05) is 45.3 Å². The average Bonchev–Trinajstić information content (AvgIpc) is 2.47. The van der Waals surface area contributed by atoms with Crippen LogP contribution in [0.1, 0.15) is 25.8 Å². The van der Waals surface area contributed by atoms with E-state index in [1.807, 2.05) is 11.1 Å². The molecule has 5 heteroatoms. The van der Waals surface area contributed by atoms with Gasteiger partial charge >= 0.3 is 0 Å². The van der Waals surface area contributed by atoms with Gasteiger partial charge in [0.2, 0.25) is 5.91 Å². The molecule has 0 N–H and O–H groups in total. The molecule has 0 radical (unpaired) electrons. The summed E-state index contributed by atoms with van der Waals surface area (Å²) in [5.41, 5.74) is 1.22. The number of carbonyl (C=O) groups excluding carboxylic acids is 1. The van der Waals surface area contributed by atoms with Crippen LogP contribution in [0.15, 0.2) is 18.3 Å². The zero-order chi connectivity index (χ0) is 16.1. The molecule has 5 nitrogen and oxygen atoms in total. The molecule has 1 fully saturated rings. The third-order valence-corrected chi connectivity index (χ3v) is 3.85. The minimum atomic E-state index is 0.281. The van der Waals surface area contributed by atoms with E-state index in [4.69, 9.17) is 0 Å². The van der Waals surface area contributed by atoms with E-state index in [9.17, 15) is 4.79 Å². The van der Waals surface area contributed by atoms with Gasteiger partial charge in [-0.2, -0.15) is 0 Å². The molecule has 1 aromatic rings. The lowest BCUT2D eigenvalue weighted by atomic mass is 10.1. The summed E-state index contributed by atoms with van der Waals surface area (Å²) in [6.45, 7) is 8.42. The molecule has 1 aromatic heterocycles. The van der Waals surface area contributed by atoms with E-state index < -0.39 is 0 Å². The fraction of sp³-hybridized carbons (Fsp3) is 0.647. The van der Waals surface area contributed by atoms with Crippen molar-refractivity contribution in [3.05, 3.63) is 23.9 Å². The van der Waals surface area contributed by atoms with Gasteiger partial charge in [0.15, 0.2) is 0 Å². The Kier molecular flexibility index (Phi) is 5.77. The summed E-state index contributed by atoms with van der Waals surface area (Å²) >= 11 is 0. The van der Waals surface area contributed by atoms with Gasteiger partial charge in [0.05, 0.1) is 0 Å². The minimum Gasteiger partial charge on any atom is -0.353 e. The van der Waals surface area contributed by atoms with E-state index in [0.29, 0.717) is 12.3 Å². The maximum absolute atomic E-state index is 12.1. The van der Waals surface area contributed by atoms with E-state index in [-0.39, 0.29) is 5.91 Å². The summed E-state index contributed by atoms with van der Waals surface area (Å²) in [6.07, 6.45) is 2.60. The largest absolute Gasteiger partial charge is 0.353 e. The standard InChI is InChI=1S/C17H28N4O/c1-14(2)11-17(22)21-9-7-20(8-10-21)16-6-5-15(12-18-16)13-19(3)4/h5-6,12,14H,7-11,13H2,1-4H3. The van der Waals surface area contributed by atoms with Gasteiger partial charge in [-0.3, -0.25) is 4.79 Å². The van der Waals surface area contributed by atoms with Crippen molar-refractivity contribution in [2.45, 2.75) is 26.8 Å². The smallest absolute Gasteiger partial charge is 0.222 e. The number of pyridine rings is 1. The molecule has 22 heavy (non-hydrogen) atoms. The van der Waals surface area contributed by atoms with Crippen LogP contribution in [0, 0.1) is 5.92 Å². The number of amides is 1. The second-order valence-corrected chi connectivity index (χ2v) is 6.73. The van der Waals surface area contributed by atoms with Crippen molar-refractivity contribution in [2.75, 3.05) is 45.2 Å². The van der Waals surface area contributed by atoms with E-state index in [0.717, 1.165) is 38.5 Å². The first kappa shape index (κ1) is 16.7. The van der Waals surface area contributed by atoms with E-state index in [2.05, 4.69) is 54.9 Å². The minimum absolute atomic E-state index is 0.281. The second kappa shape index (κ2) is 7.58. The lowest BCUT2D eigenvalue weighted by Crippen LogP contribution is -2.49. The molecule has 1 aliphatic rings. The van der Waals surface area contributed by atoms with Gasteiger partial charge in [0.25, 0.3) is 0 Å². The Morgan fingerprint density at radius 1 is 1.23 bits per heavy atom. The second-order valence-electron chi connectivity index (χ2n) is 6.73. The topological polar surface area (TPSA) is 39.7 Å². The predicted molar refractivity (Wildman–Crippen MR) is 89.9 cm³/mol. The van der Waals surface area contributed by atoms with Crippen molar-refractivity contribution >= 4 is 11.7 Å². The Bertz CT molecular complexity index is 476. The number of aromatic nitrogens is 1. The number of hydrogen-bond donors (Lipinski definition) is 0. The van der Waals surface area contributed by atoms with Crippen molar-refractivity contribution in [3.63, 3.8) is 0 Å². The quantitative estimate of drug-likeness (QED) is 0.832. The molecular weight excluding hydrogens is 276 g/mol. The van der Waals surface area contributed by atoms with Gasteiger partial charge in [-0.1, -0.05) is 19.9 Å². The molecule has 2 rings (SSSR count). The molecule has 0 aliphatic carbocycles. The third kappa shape index (κ3) is 4.70. The Hall–Kier alpha value is -1.62. The predicted octanol–water partition coefficient (Wildman–Crippen LogP) is 1.84. The van der Waals surface area contributed by atoms with E-state index >= 15 is 0 Å². The number of hydrogen-bond acceptors (Lipinski definition) is 4. The number of piperazine rings is 1. The lowest BCUT2D eigenvalue weighted by Gasteiger charge is -2.35. The molecule has 122 valence electrons. The molecule has 1 saturated heterocycles. The number of nitrogens with zero attached hydrogens (tertiary/aromatic N) is 4. The van der Waals surface area contributed by atoms with Crippen LogP contribution >= 0.6 is 0 Å². The maximum Gasteiger partial charge on any atom is 0.222 e. The summed E-state index contributed by atoms with van der Waals surface area (Å²) in [7, 11) is 4.11. The molecular formula is C17H28N4O. The number of rotatable bonds is 5. The molecule has 2 heterocycles. The lowest BCUT2D eigenvalue weighted by molar-refractivity contribution is -0.132. The van der Waals surface area contributed by atoms with Crippen molar-refractivity contribution < 1.29 is 4.79 Å². The monoisotopic (exact) mass is 304 g/mol.